The number of piperidine rings is 1. The van der Waals surface area contributed by atoms with E-state index in [1.807, 2.05) is 50.2 Å². The molecule has 1 saturated heterocycles. The molecule has 3 aromatic rings. The zero-order valence-electron chi connectivity index (χ0n) is 21.4. The molecule has 0 unspecified atom stereocenters. The van der Waals surface area contributed by atoms with Gasteiger partial charge in [0.2, 0.25) is 0 Å². The molecule has 0 aliphatic carbocycles. The van der Waals surface area contributed by atoms with Crippen LogP contribution >= 0.6 is 0 Å². The normalized spacial score (nSPS) is 15.2. The first-order chi connectivity index (χ1) is 17.5. The van der Waals surface area contributed by atoms with E-state index in [2.05, 4.69) is 53.4 Å². The molecule has 4 heteroatoms. The standard InChI is InChI=1S/C32H37NO3/c1-32(2,24-34)28-17-15-25(16-18-28)30(35)14-9-21-33-22-19-29(20-23-33)36-31(26-10-5-3-6-11-26)27-12-7-4-8-13-27/h3-8,10-13,15-18,24,29,31H,9,14,19-23H2,1-2H3. The highest BCUT2D eigenvalue weighted by Crippen LogP contribution is 2.30. The van der Waals surface area contributed by atoms with Crippen molar-refractivity contribution in [3.8, 4) is 0 Å². The minimum atomic E-state index is -0.528. The molecule has 36 heavy (non-hydrogen) atoms. The molecule has 4 nitrogen and oxygen atoms in total. The van der Waals surface area contributed by atoms with Gasteiger partial charge in [0.05, 0.1) is 6.10 Å². The van der Waals surface area contributed by atoms with Gasteiger partial charge >= 0.3 is 0 Å². The third-order valence-corrected chi connectivity index (χ3v) is 7.19. The summed E-state index contributed by atoms with van der Waals surface area (Å²) in [5.41, 5.74) is 3.50. The Morgan fingerprint density at radius 1 is 0.917 bits per heavy atom. The summed E-state index contributed by atoms with van der Waals surface area (Å²) in [6.07, 6.45) is 4.50. The molecule has 4 rings (SSSR count). The number of hydrogen-bond acceptors (Lipinski definition) is 4. The van der Waals surface area contributed by atoms with E-state index in [9.17, 15) is 9.59 Å². The van der Waals surface area contributed by atoms with Crippen molar-refractivity contribution in [1.29, 1.82) is 0 Å². The molecular formula is C32H37NO3. The van der Waals surface area contributed by atoms with Crippen LogP contribution in [0.1, 0.15) is 72.7 Å². The lowest BCUT2D eigenvalue weighted by atomic mass is 9.85. The number of carbonyl (C=O) groups is 2. The summed E-state index contributed by atoms with van der Waals surface area (Å²) in [7, 11) is 0. The lowest BCUT2D eigenvalue weighted by molar-refractivity contribution is -0.111. The highest BCUT2D eigenvalue weighted by molar-refractivity contribution is 5.96. The zero-order valence-corrected chi connectivity index (χ0v) is 21.4. The highest BCUT2D eigenvalue weighted by atomic mass is 16.5. The minimum absolute atomic E-state index is 0.0509. The fourth-order valence-electron chi connectivity index (χ4n) is 4.83. The number of carbonyl (C=O) groups excluding carboxylic acids is 2. The van der Waals surface area contributed by atoms with Crippen LogP contribution in [0.4, 0.5) is 0 Å². The van der Waals surface area contributed by atoms with Crippen molar-refractivity contribution in [2.24, 2.45) is 0 Å². The van der Waals surface area contributed by atoms with E-state index in [1.165, 1.54) is 11.1 Å². The van der Waals surface area contributed by atoms with Crippen LogP contribution in [0.15, 0.2) is 84.9 Å². The SMILES string of the molecule is CC(C)(C=O)c1ccc(C(=O)CCCN2CCC(OC(c3ccccc3)c3ccccc3)CC2)cc1. The molecule has 0 saturated carbocycles. The third-order valence-electron chi connectivity index (χ3n) is 7.19. The van der Waals surface area contributed by atoms with Crippen LogP contribution in [0.3, 0.4) is 0 Å². The molecule has 0 bridgehead atoms. The summed E-state index contributed by atoms with van der Waals surface area (Å²) in [6, 6.07) is 28.4. The van der Waals surface area contributed by atoms with E-state index in [-0.39, 0.29) is 18.0 Å². The van der Waals surface area contributed by atoms with E-state index >= 15 is 0 Å². The number of Topliss-reactive ketones (excluding diaryl/α,β-unsaturated/α-hetero) is 1. The number of aldehydes is 1. The molecule has 1 heterocycles. The van der Waals surface area contributed by atoms with Gasteiger partial charge in [-0.1, -0.05) is 84.9 Å². The van der Waals surface area contributed by atoms with Crippen molar-refractivity contribution in [3.05, 3.63) is 107 Å². The van der Waals surface area contributed by atoms with Gasteiger partial charge in [-0.15, -0.1) is 0 Å². The van der Waals surface area contributed by atoms with Crippen molar-refractivity contribution in [1.82, 2.24) is 4.90 Å². The molecule has 0 aromatic heterocycles. The molecule has 0 atom stereocenters. The van der Waals surface area contributed by atoms with E-state index in [0.29, 0.717) is 6.42 Å². The number of likely N-dealkylation sites (tertiary alicyclic amines) is 1. The summed E-state index contributed by atoms with van der Waals surface area (Å²) in [5.74, 6) is 0.164. The van der Waals surface area contributed by atoms with Gasteiger partial charge in [-0.3, -0.25) is 4.79 Å². The molecule has 1 aliphatic rings. The first-order valence-electron chi connectivity index (χ1n) is 13.0. The molecule has 0 amide bonds. The second-order valence-electron chi connectivity index (χ2n) is 10.3. The van der Waals surface area contributed by atoms with E-state index in [0.717, 1.165) is 56.3 Å². The van der Waals surface area contributed by atoms with Crippen molar-refractivity contribution >= 4 is 12.1 Å². The monoisotopic (exact) mass is 483 g/mol. The number of ether oxygens (including phenoxy) is 1. The Morgan fingerprint density at radius 3 is 2.00 bits per heavy atom. The molecule has 0 N–H and O–H groups in total. The molecular weight excluding hydrogens is 446 g/mol. The van der Waals surface area contributed by atoms with Gasteiger partial charge in [0, 0.05) is 30.5 Å². The van der Waals surface area contributed by atoms with Crippen LogP contribution < -0.4 is 0 Å². The maximum absolute atomic E-state index is 12.7. The van der Waals surface area contributed by atoms with Gasteiger partial charge in [0.1, 0.15) is 12.4 Å². The molecule has 0 spiro atoms. The molecule has 1 fully saturated rings. The van der Waals surface area contributed by atoms with Crippen LogP contribution in [-0.2, 0) is 14.9 Å². The number of benzene rings is 3. The van der Waals surface area contributed by atoms with Gasteiger partial charge in [-0.25, -0.2) is 0 Å². The van der Waals surface area contributed by atoms with Gasteiger partial charge < -0.3 is 14.4 Å². The van der Waals surface area contributed by atoms with Crippen molar-refractivity contribution in [3.63, 3.8) is 0 Å². The summed E-state index contributed by atoms with van der Waals surface area (Å²) in [5, 5.41) is 0. The Bertz CT molecular complexity index is 1060. The second kappa shape index (κ2) is 12.2. The lowest BCUT2D eigenvalue weighted by Gasteiger charge is -2.34. The maximum atomic E-state index is 12.7. The summed E-state index contributed by atoms with van der Waals surface area (Å²) < 4.78 is 6.65. The topological polar surface area (TPSA) is 46.6 Å². The maximum Gasteiger partial charge on any atom is 0.162 e. The summed E-state index contributed by atoms with van der Waals surface area (Å²) in [4.78, 5) is 26.4. The molecule has 188 valence electrons. The van der Waals surface area contributed by atoms with E-state index in [1.54, 1.807) is 0 Å². The second-order valence-corrected chi connectivity index (χ2v) is 10.3. The zero-order chi connectivity index (χ0) is 25.4. The fourth-order valence-corrected chi connectivity index (χ4v) is 4.83. The summed E-state index contributed by atoms with van der Waals surface area (Å²) in [6.45, 7) is 6.67. The van der Waals surface area contributed by atoms with Gasteiger partial charge in [0.25, 0.3) is 0 Å². The largest absolute Gasteiger partial charge is 0.365 e. The first-order valence-corrected chi connectivity index (χ1v) is 13.0. The van der Waals surface area contributed by atoms with Crippen LogP contribution in [0, 0.1) is 0 Å². The number of nitrogens with zero attached hydrogens (tertiary/aromatic N) is 1. The summed E-state index contributed by atoms with van der Waals surface area (Å²) >= 11 is 0. The van der Waals surface area contributed by atoms with Crippen LogP contribution in [0.2, 0.25) is 0 Å². The van der Waals surface area contributed by atoms with Gasteiger partial charge in [-0.05, 0) is 56.3 Å². The average Bonchev–Trinajstić information content (AvgIpc) is 2.93. The van der Waals surface area contributed by atoms with Crippen molar-refractivity contribution in [2.75, 3.05) is 19.6 Å². The predicted molar refractivity (Wildman–Crippen MR) is 144 cm³/mol. The number of ketones is 1. The predicted octanol–water partition coefficient (Wildman–Crippen LogP) is 6.40. The number of hydrogen-bond donors (Lipinski definition) is 0. The van der Waals surface area contributed by atoms with Crippen molar-refractivity contribution < 1.29 is 14.3 Å². The van der Waals surface area contributed by atoms with Crippen molar-refractivity contribution in [2.45, 2.75) is 57.2 Å². The van der Waals surface area contributed by atoms with Crippen LogP contribution in [0.25, 0.3) is 0 Å². The average molecular weight is 484 g/mol. The van der Waals surface area contributed by atoms with Crippen LogP contribution in [-0.4, -0.2) is 42.7 Å². The lowest BCUT2D eigenvalue weighted by Crippen LogP contribution is -2.38. The van der Waals surface area contributed by atoms with Gasteiger partial charge in [-0.2, -0.15) is 0 Å². The Morgan fingerprint density at radius 2 is 1.47 bits per heavy atom. The molecule has 0 radical (unpaired) electrons. The third kappa shape index (κ3) is 6.77. The van der Waals surface area contributed by atoms with Gasteiger partial charge in [0.15, 0.2) is 5.78 Å². The van der Waals surface area contributed by atoms with E-state index < -0.39 is 5.41 Å². The highest BCUT2D eigenvalue weighted by Gasteiger charge is 2.25. The van der Waals surface area contributed by atoms with E-state index in [4.69, 9.17) is 4.74 Å². The molecule has 1 aliphatic heterocycles. The molecule has 3 aromatic carbocycles. The Balaban J connectivity index is 1.24. The Hall–Kier alpha value is -3.08. The minimum Gasteiger partial charge on any atom is -0.365 e. The number of rotatable bonds is 11. The quantitative estimate of drug-likeness (QED) is 0.234. The Kier molecular flexibility index (Phi) is 8.84. The Labute approximate surface area is 215 Å². The fraction of sp³-hybridized carbons (Fsp3) is 0.375. The van der Waals surface area contributed by atoms with Crippen LogP contribution in [0.5, 0.6) is 0 Å². The smallest absolute Gasteiger partial charge is 0.162 e. The first kappa shape index (κ1) is 26.0.